The lowest BCUT2D eigenvalue weighted by Crippen LogP contribution is -2.28. The molecule has 0 fully saturated rings. The molecule has 0 bridgehead atoms. The van der Waals surface area contributed by atoms with Crippen molar-refractivity contribution in [3.63, 3.8) is 0 Å². The number of para-hydroxylation sites is 2. The molecule has 1 N–H and O–H groups in total. The summed E-state index contributed by atoms with van der Waals surface area (Å²) in [6, 6.07) is 11.0. The lowest BCUT2D eigenvalue weighted by atomic mass is 10.0. The van der Waals surface area contributed by atoms with Gasteiger partial charge in [-0.2, -0.15) is 0 Å². The average Bonchev–Trinajstić information content (AvgIpc) is 3.15. The fraction of sp³-hybridized carbons (Fsp3) is 0.280. The van der Waals surface area contributed by atoms with Crippen LogP contribution < -0.4 is 20.4 Å². The number of nitrogens with one attached hydrogen (secondary N) is 1. The molecule has 166 valence electrons. The molecule has 0 atom stereocenters. The van der Waals surface area contributed by atoms with Crippen LogP contribution in [0.25, 0.3) is 21.9 Å². The summed E-state index contributed by atoms with van der Waals surface area (Å²) in [4.78, 5) is 24.8. The van der Waals surface area contributed by atoms with Crippen molar-refractivity contribution >= 4 is 27.8 Å². The van der Waals surface area contributed by atoms with E-state index in [0.29, 0.717) is 47.8 Å². The molecule has 0 aliphatic heterocycles. The highest BCUT2D eigenvalue weighted by Gasteiger charge is 2.15. The van der Waals surface area contributed by atoms with Gasteiger partial charge in [-0.1, -0.05) is 12.1 Å². The Labute approximate surface area is 184 Å². The van der Waals surface area contributed by atoms with E-state index in [1.54, 1.807) is 25.5 Å². The molecule has 0 aliphatic rings. The van der Waals surface area contributed by atoms with Crippen LogP contribution in [-0.2, 0) is 11.2 Å². The normalized spacial score (nSPS) is 11.1. The van der Waals surface area contributed by atoms with Gasteiger partial charge in [-0.25, -0.2) is 4.79 Å². The minimum Gasteiger partial charge on any atom is -0.493 e. The SMILES string of the molecule is COc1ccccc1OCCNC(=O)CCc1c(C)c2cc3c(C)coc3cc2oc1=O. The Morgan fingerprint density at radius 1 is 1.06 bits per heavy atom. The molecular formula is C25H25NO6. The van der Waals surface area contributed by atoms with Crippen LogP contribution in [0.5, 0.6) is 11.5 Å². The van der Waals surface area contributed by atoms with Crippen LogP contribution >= 0.6 is 0 Å². The summed E-state index contributed by atoms with van der Waals surface area (Å²) in [7, 11) is 1.58. The predicted octanol–water partition coefficient (Wildman–Crippen LogP) is 4.29. The van der Waals surface area contributed by atoms with Gasteiger partial charge in [0.25, 0.3) is 0 Å². The van der Waals surface area contributed by atoms with Gasteiger partial charge in [0.15, 0.2) is 11.5 Å². The number of fused-ring (bicyclic) bond motifs is 2. The smallest absolute Gasteiger partial charge is 0.339 e. The van der Waals surface area contributed by atoms with Crippen molar-refractivity contribution in [2.45, 2.75) is 26.7 Å². The quantitative estimate of drug-likeness (QED) is 0.328. The molecule has 7 heteroatoms. The van der Waals surface area contributed by atoms with Gasteiger partial charge in [0.1, 0.15) is 17.8 Å². The first-order chi connectivity index (χ1) is 15.5. The van der Waals surface area contributed by atoms with Crippen molar-refractivity contribution in [1.82, 2.24) is 5.32 Å². The second kappa shape index (κ2) is 9.18. The van der Waals surface area contributed by atoms with Crippen LogP contribution in [0.4, 0.5) is 0 Å². The third kappa shape index (κ3) is 4.32. The number of ether oxygens (including phenoxy) is 2. The van der Waals surface area contributed by atoms with E-state index in [1.165, 1.54) is 0 Å². The number of benzene rings is 2. The molecule has 0 saturated heterocycles. The van der Waals surface area contributed by atoms with E-state index >= 15 is 0 Å². The van der Waals surface area contributed by atoms with Gasteiger partial charge in [0.05, 0.1) is 19.9 Å². The maximum absolute atomic E-state index is 12.5. The molecule has 2 aromatic heterocycles. The summed E-state index contributed by atoms with van der Waals surface area (Å²) in [6.45, 7) is 4.51. The highest BCUT2D eigenvalue weighted by atomic mass is 16.5. The molecule has 0 spiro atoms. The zero-order valence-electron chi connectivity index (χ0n) is 18.3. The zero-order chi connectivity index (χ0) is 22.7. The van der Waals surface area contributed by atoms with Crippen molar-refractivity contribution in [3.8, 4) is 11.5 Å². The number of amides is 1. The average molecular weight is 435 g/mol. The summed E-state index contributed by atoms with van der Waals surface area (Å²) in [5.41, 5.74) is 3.09. The van der Waals surface area contributed by atoms with Gasteiger partial charge in [-0.15, -0.1) is 0 Å². The van der Waals surface area contributed by atoms with Crippen LogP contribution in [0.3, 0.4) is 0 Å². The van der Waals surface area contributed by atoms with Crippen LogP contribution in [0.15, 0.2) is 56.3 Å². The molecule has 2 aromatic carbocycles. The monoisotopic (exact) mass is 435 g/mol. The molecule has 4 aromatic rings. The molecular weight excluding hydrogens is 410 g/mol. The zero-order valence-corrected chi connectivity index (χ0v) is 18.3. The Balaban J connectivity index is 1.38. The van der Waals surface area contributed by atoms with Crippen molar-refractivity contribution in [1.29, 1.82) is 0 Å². The number of aryl methyl sites for hydroxylation is 2. The molecule has 7 nitrogen and oxygen atoms in total. The number of furan rings is 1. The highest BCUT2D eigenvalue weighted by Crippen LogP contribution is 2.29. The Hall–Kier alpha value is -3.74. The van der Waals surface area contributed by atoms with E-state index in [4.69, 9.17) is 18.3 Å². The molecule has 0 unspecified atom stereocenters. The minimum absolute atomic E-state index is 0.159. The topological polar surface area (TPSA) is 90.9 Å². The number of methoxy groups -OCH3 is 1. The first-order valence-electron chi connectivity index (χ1n) is 10.4. The van der Waals surface area contributed by atoms with E-state index in [1.807, 2.05) is 38.1 Å². The van der Waals surface area contributed by atoms with Crippen LogP contribution in [0, 0.1) is 13.8 Å². The van der Waals surface area contributed by atoms with Gasteiger partial charge in [0, 0.05) is 28.8 Å². The Morgan fingerprint density at radius 2 is 1.84 bits per heavy atom. The summed E-state index contributed by atoms with van der Waals surface area (Å²) in [5.74, 6) is 1.10. The molecule has 2 heterocycles. The van der Waals surface area contributed by atoms with Crippen molar-refractivity contribution in [2.24, 2.45) is 0 Å². The van der Waals surface area contributed by atoms with E-state index < -0.39 is 5.63 Å². The number of carbonyl (C=O) groups excluding carboxylic acids is 1. The first kappa shape index (κ1) is 21.5. The van der Waals surface area contributed by atoms with Crippen LogP contribution in [0.2, 0.25) is 0 Å². The molecule has 1 amide bonds. The van der Waals surface area contributed by atoms with Gasteiger partial charge in [-0.3, -0.25) is 4.79 Å². The second-order valence-corrected chi connectivity index (χ2v) is 7.61. The van der Waals surface area contributed by atoms with Gasteiger partial charge in [0.2, 0.25) is 5.91 Å². The molecule has 32 heavy (non-hydrogen) atoms. The third-order valence-corrected chi connectivity index (χ3v) is 5.53. The Bertz CT molecular complexity index is 1330. The summed E-state index contributed by atoms with van der Waals surface area (Å²) in [6.07, 6.45) is 2.16. The Morgan fingerprint density at radius 3 is 2.62 bits per heavy atom. The van der Waals surface area contributed by atoms with E-state index in [2.05, 4.69) is 5.32 Å². The molecule has 0 aliphatic carbocycles. The van der Waals surface area contributed by atoms with Crippen LogP contribution in [-0.4, -0.2) is 26.2 Å². The van der Waals surface area contributed by atoms with Crippen molar-refractivity contribution in [3.05, 3.63) is 69.8 Å². The Kier molecular flexibility index (Phi) is 6.16. The fourth-order valence-electron chi connectivity index (χ4n) is 3.74. The first-order valence-corrected chi connectivity index (χ1v) is 10.4. The molecule has 0 radical (unpaired) electrons. The van der Waals surface area contributed by atoms with Crippen molar-refractivity contribution in [2.75, 3.05) is 20.3 Å². The fourth-order valence-corrected chi connectivity index (χ4v) is 3.74. The lowest BCUT2D eigenvalue weighted by Gasteiger charge is -2.11. The molecule has 0 saturated carbocycles. The summed E-state index contributed by atoms with van der Waals surface area (Å²) >= 11 is 0. The summed E-state index contributed by atoms with van der Waals surface area (Å²) < 4.78 is 21.9. The summed E-state index contributed by atoms with van der Waals surface area (Å²) in [5, 5.41) is 4.64. The standard InChI is InChI=1S/C25H25NO6/c1-15-14-31-22-13-23-19(12-18(15)22)16(2)17(25(28)32-23)8-9-24(27)26-10-11-30-21-7-5-4-6-20(21)29-3/h4-7,12-14H,8-11H2,1-3H3,(H,26,27). The maximum atomic E-state index is 12.5. The van der Waals surface area contributed by atoms with Gasteiger partial charge < -0.3 is 23.6 Å². The van der Waals surface area contributed by atoms with E-state index in [9.17, 15) is 9.59 Å². The lowest BCUT2D eigenvalue weighted by molar-refractivity contribution is -0.121. The minimum atomic E-state index is -0.426. The van der Waals surface area contributed by atoms with Gasteiger partial charge in [-0.05, 0) is 49.6 Å². The number of carbonyl (C=O) groups is 1. The third-order valence-electron chi connectivity index (χ3n) is 5.53. The number of hydrogen-bond donors (Lipinski definition) is 1. The highest BCUT2D eigenvalue weighted by molar-refractivity contribution is 5.96. The van der Waals surface area contributed by atoms with E-state index in [-0.39, 0.29) is 12.3 Å². The van der Waals surface area contributed by atoms with Crippen molar-refractivity contribution < 1.29 is 23.1 Å². The van der Waals surface area contributed by atoms with Crippen LogP contribution in [0.1, 0.15) is 23.1 Å². The second-order valence-electron chi connectivity index (χ2n) is 7.61. The number of hydrogen-bond acceptors (Lipinski definition) is 6. The van der Waals surface area contributed by atoms with E-state index in [0.717, 1.165) is 21.9 Å². The number of rotatable bonds is 8. The molecule has 4 rings (SSSR count). The predicted molar refractivity (Wildman–Crippen MR) is 122 cm³/mol. The largest absolute Gasteiger partial charge is 0.493 e. The van der Waals surface area contributed by atoms with Gasteiger partial charge >= 0.3 is 5.63 Å². The maximum Gasteiger partial charge on any atom is 0.339 e.